The lowest BCUT2D eigenvalue weighted by Crippen LogP contribution is -2.25. The summed E-state index contributed by atoms with van der Waals surface area (Å²) in [5.74, 6) is 1.18. The van der Waals surface area contributed by atoms with Crippen molar-refractivity contribution in [3.8, 4) is 6.07 Å². The van der Waals surface area contributed by atoms with Crippen LogP contribution in [-0.4, -0.2) is 18.2 Å². The molecule has 1 aromatic rings. The Labute approximate surface area is 106 Å². The van der Waals surface area contributed by atoms with Gasteiger partial charge in [0, 0.05) is 18.7 Å². The Bertz CT molecular complexity index is 467. The van der Waals surface area contributed by atoms with E-state index in [4.69, 9.17) is 5.26 Å². The quantitative estimate of drug-likeness (QED) is 0.829. The summed E-state index contributed by atoms with van der Waals surface area (Å²) in [6.45, 7) is 0.713. The van der Waals surface area contributed by atoms with Crippen molar-refractivity contribution in [2.75, 3.05) is 17.2 Å². The van der Waals surface area contributed by atoms with Crippen LogP contribution in [0.1, 0.15) is 12.0 Å². The molecule has 0 N–H and O–H groups in total. The van der Waals surface area contributed by atoms with E-state index in [0.29, 0.717) is 25.3 Å². The molecule has 0 aliphatic carbocycles. The summed E-state index contributed by atoms with van der Waals surface area (Å²) >= 11 is 4.25. The topological polar surface area (TPSA) is 44.1 Å². The Balaban J connectivity index is 2.28. The molecule has 1 amide bonds. The molecule has 0 aromatic heterocycles. The first-order valence-corrected chi connectivity index (χ1v) is 6.25. The lowest BCUT2D eigenvalue weighted by atomic mass is 10.1. The minimum Gasteiger partial charge on any atom is -0.312 e. The van der Waals surface area contributed by atoms with Gasteiger partial charge in [-0.15, -0.1) is 0 Å². The number of amides is 1. The molecule has 1 atom stereocenters. The second-order valence-electron chi connectivity index (χ2n) is 4.22. The normalized spacial score (nSPS) is 19.4. The molecule has 0 radical (unpaired) electrons. The molecule has 1 saturated heterocycles. The summed E-state index contributed by atoms with van der Waals surface area (Å²) in [4.78, 5) is 13.7. The molecule has 88 valence electrons. The Morgan fingerprint density at radius 2 is 2.24 bits per heavy atom. The number of carbonyl (C=O) groups excluding carboxylic acids is 1. The van der Waals surface area contributed by atoms with Crippen LogP contribution in [0.3, 0.4) is 0 Å². The van der Waals surface area contributed by atoms with Crippen molar-refractivity contribution < 1.29 is 4.79 Å². The molecule has 3 nitrogen and oxygen atoms in total. The standard InChI is InChI=1S/C13H14N2OS/c14-6-5-11-3-1-2-4-12(11)15-8-10(9-17)7-13(15)16/h1-4,10,17H,5,7-9H2. The third-order valence-corrected chi connectivity index (χ3v) is 3.53. The van der Waals surface area contributed by atoms with Gasteiger partial charge in [0.2, 0.25) is 5.91 Å². The molecule has 1 heterocycles. The smallest absolute Gasteiger partial charge is 0.227 e. The fourth-order valence-corrected chi connectivity index (χ4v) is 2.39. The van der Waals surface area contributed by atoms with Crippen molar-refractivity contribution in [2.24, 2.45) is 5.92 Å². The maximum Gasteiger partial charge on any atom is 0.227 e. The Kier molecular flexibility index (Phi) is 3.70. The largest absolute Gasteiger partial charge is 0.312 e. The van der Waals surface area contributed by atoms with Gasteiger partial charge < -0.3 is 4.90 Å². The van der Waals surface area contributed by atoms with E-state index in [-0.39, 0.29) is 5.91 Å². The highest BCUT2D eigenvalue weighted by atomic mass is 32.1. The third-order valence-electron chi connectivity index (χ3n) is 3.02. The number of nitriles is 1. The molecule has 2 rings (SSSR count). The molecule has 1 aliphatic rings. The molecule has 1 fully saturated rings. The monoisotopic (exact) mass is 246 g/mol. The number of thiol groups is 1. The zero-order chi connectivity index (χ0) is 12.3. The van der Waals surface area contributed by atoms with E-state index >= 15 is 0 Å². The summed E-state index contributed by atoms with van der Waals surface area (Å²) in [6, 6.07) is 9.74. The number of para-hydroxylation sites is 1. The minimum atomic E-state index is 0.134. The summed E-state index contributed by atoms with van der Waals surface area (Å²) in [5, 5.41) is 8.79. The molecule has 4 heteroatoms. The Hall–Kier alpha value is -1.47. The van der Waals surface area contributed by atoms with E-state index in [9.17, 15) is 4.79 Å². The highest BCUT2D eigenvalue weighted by molar-refractivity contribution is 7.80. The highest BCUT2D eigenvalue weighted by Crippen LogP contribution is 2.28. The van der Waals surface area contributed by atoms with Crippen LogP contribution in [0.5, 0.6) is 0 Å². The number of benzene rings is 1. The van der Waals surface area contributed by atoms with Crippen molar-refractivity contribution in [1.82, 2.24) is 0 Å². The minimum absolute atomic E-state index is 0.134. The van der Waals surface area contributed by atoms with Gasteiger partial charge in [0.05, 0.1) is 12.5 Å². The lowest BCUT2D eigenvalue weighted by Gasteiger charge is -2.19. The predicted octanol–water partition coefficient (Wildman–Crippen LogP) is 2.04. The molecule has 1 aliphatic heterocycles. The van der Waals surface area contributed by atoms with Gasteiger partial charge in [-0.2, -0.15) is 17.9 Å². The van der Waals surface area contributed by atoms with Gasteiger partial charge in [-0.25, -0.2) is 0 Å². The second-order valence-corrected chi connectivity index (χ2v) is 4.59. The third kappa shape index (κ3) is 2.45. The van der Waals surface area contributed by atoms with Crippen LogP contribution in [-0.2, 0) is 11.2 Å². The van der Waals surface area contributed by atoms with Crippen LogP contribution < -0.4 is 4.90 Å². The van der Waals surface area contributed by atoms with Gasteiger partial charge in [-0.3, -0.25) is 4.79 Å². The summed E-state index contributed by atoms with van der Waals surface area (Å²) in [5.41, 5.74) is 1.80. The van der Waals surface area contributed by atoms with E-state index < -0.39 is 0 Å². The van der Waals surface area contributed by atoms with Crippen molar-refractivity contribution in [2.45, 2.75) is 12.8 Å². The number of hydrogen-bond donors (Lipinski definition) is 1. The predicted molar refractivity (Wildman–Crippen MR) is 70.1 cm³/mol. The van der Waals surface area contributed by atoms with Crippen LogP contribution in [0.25, 0.3) is 0 Å². The highest BCUT2D eigenvalue weighted by Gasteiger charge is 2.30. The number of carbonyl (C=O) groups is 1. The maximum atomic E-state index is 11.9. The lowest BCUT2D eigenvalue weighted by molar-refractivity contribution is -0.117. The van der Waals surface area contributed by atoms with Gasteiger partial charge >= 0.3 is 0 Å². The van der Waals surface area contributed by atoms with Crippen molar-refractivity contribution in [1.29, 1.82) is 5.26 Å². The van der Waals surface area contributed by atoms with Crippen LogP contribution in [0.15, 0.2) is 24.3 Å². The first-order valence-electron chi connectivity index (χ1n) is 5.62. The SMILES string of the molecule is N#CCc1ccccc1N1CC(CS)CC1=O. The molecular weight excluding hydrogens is 232 g/mol. The van der Waals surface area contributed by atoms with Crippen molar-refractivity contribution >= 4 is 24.2 Å². The van der Waals surface area contributed by atoms with Gasteiger partial charge in [0.15, 0.2) is 0 Å². The van der Waals surface area contributed by atoms with Crippen LogP contribution in [0.2, 0.25) is 0 Å². The molecule has 0 spiro atoms. The summed E-state index contributed by atoms with van der Waals surface area (Å²) in [6.07, 6.45) is 0.899. The second kappa shape index (κ2) is 5.24. The molecule has 0 saturated carbocycles. The summed E-state index contributed by atoms with van der Waals surface area (Å²) < 4.78 is 0. The number of nitrogens with zero attached hydrogens (tertiary/aromatic N) is 2. The maximum absolute atomic E-state index is 11.9. The van der Waals surface area contributed by atoms with Crippen molar-refractivity contribution in [3.63, 3.8) is 0 Å². The molecule has 1 unspecified atom stereocenters. The fraction of sp³-hybridized carbons (Fsp3) is 0.385. The molecule has 17 heavy (non-hydrogen) atoms. The summed E-state index contributed by atoms with van der Waals surface area (Å²) in [7, 11) is 0. The van der Waals surface area contributed by atoms with Gasteiger partial charge in [0.1, 0.15) is 0 Å². The first kappa shape index (κ1) is 12.0. The van der Waals surface area contributed by atoms with Crippen LogP contribution in [0, 0.1) is 17.2 Å². The van der Waals surface area contributed by atoms with Gasteiger partial charge in [-0.1, -0.05) is 18.2 Å². The van der Waals surface area contributed by atoms with E-state index in [1.807, 2.05) is 24.3 Å². The number of rotatable bonds is 3. The first-order chi connectivity index (χ1) is 8.26. The molecule has 0 bridgehead atoms. The van der Waals surface area contributed by atoms with Crippen molar-refractivity contribution in [3.05, 3.63) is 29.8 Å². The van der Waals surface area contributed by atoms with E-state index in [2.05, 4.69) is 18.7 Å². The average Bonchev–Trinajstić information content (AvgIpc) is 2.72. The molecular formula is C13H14N2OS. The Morgan fingerprint density at radius 1 is 1.47 bits per heavy atom. The van der Waals surface area contributed by atoms with Gasteiger partial charge in [-0.05, 0) is 23.3 Å². The van der Waals surface area contributed by atoms with E-state index in [0.717, 1.165) is 17.0 Å². The van der Waals surface area contributed by atoms with Crippen LogP contribution in [0.4, 0.5) is 5.69 Å². The van der Waals surface area contributed by atoms with E-state index in [1.54, 1.807) is 4.90 Å². The van der Waals surface area contributed by atoms with E-state index in [1.165, 1.54) is 0 Å². The average molecular weight is 246 g/mol. The zero-order valence-corrected chi connectivity index (χ0v) is 10.4. The number of anilines is 1. The Morgan fingerprint density at radius 3 is 2.88 bits per heavy atom. The fourth-order valence-electron chi connectivity index (χ4n) is 2.15. The van der Waals surface area contributed by atoms with Crippen LogP contribution >= 0.6 is 12.6 Å². The zero-order valence-electron chi connectivity index (χ0n) is 9.47. The molecule has 1 aromatic carbocycles. The van der Waals surface area contributed by atoms with Gasteiger partial charge in [0.25, 0.3) is 0 Å². The number of hydrogen-bond acceptors (Lipinski definition) is 3.